The molecule has 2 aromatic rings. The first-order valence-electron chi connectivity index (χ1n) is 5.15. The van der Waals surface area contributed by atoms with E-state index in [4.69, 9.17) is 0 Å². The highest BCUT2D eigenvalue weighted by Crippen LogP contribution is 2.23. The van der Waals surface area contributed by atoms with Crippen molar-refractivity contribution >= 4 is 37.3 Å². The largest absolute Gasteiger partial charge is 0.281 e. The van der Waals surface area contributed by atoms with E-state index in [2.05, 4.69) is 30.8 Å². The monoisotopic (exact) mass is 349 g/mol. The van der Waals surface area contributed by atoms with E-state index in [1.165, 1.54) is 11.3 Å². The second kappa shape index (κ2) is 5.12. The maximum Gasteiger partial charge on any atom is 0.244 e. The summed E-state index contributed by atoms with van der Waals surface area (Å²) in [5, 5.41) is 8.47. The van der Waals surface area contributed by atoms with E-state index in [1.54, 1.807) is 13.8 Å². The van der Waals surface area contributed by atoms with Gasteiger partial charge in [-0.3, -0.25) is 5.10 Å². The minimum Gasteiger partial charge on any atom is -0.281 e. The van der Waals surface area contributed by atoms with E-state index in [9.17, 15) is 8.42 Å². The number of aromatic amines is 1. The van der Waals surface area contributed by atoms with Crippen LogP contribution in [-0.2, 0) is 16.6 Å². The summed E-state index contributed by atoms with van der Waals surface area (Å²) in [6.45, 7) is 3.62. The van der Waals surface area contributed by atoms with Gasteiger partial charge < -0.3 is 0 Å². The number of hydrogen-bond donors (Lipinski definition) is 2. The first-order valence-corrected chi connectivity index (χ1v) is 8.30. The van der Waals surface area contributed by atoms with Crippen molar-refractivity contribution in [2.75, 3.05) is 0 Å². The predicted molar refractivity (Wildman–Crippen MR) is 74.1 cm³/mol. The van der Waals surface area contributed by atoms with Gasteiger partial charge in [-0.1, -0.05) is 0 Å². The van der Waals surface area contributed by atoms with Gasteiger partial charge in [-0.25, -0.2) is 13.1 Å². The summed E-state index contributed by atoms with van der Waals surface area (Å²) in [5.41, 5.74) is 1.02. The Bertz CT molecular complexity index is 641. The van der Waals surface area contributed by atoms with Gasteiger partial charge in [0.2, 0.25) is 10.0 Å². The lowest BCUT2D eigenvalue weighted by Crippen LogP contribution is -2.24. The summed E-state index contributed by atoms with van der Waals surface area (Å²) >= 11 is 4.87. The molecule has 0 amide bonds. The van der Waals surface area contributed by atoms with Crippen molar-refractivity contribution in [3.8, 4) is 0 Å². The summed E-state index contributed by atoms with van der Waals surface area (Å²) in [6.07, 6.45) is 0. The third-order valence-corrected chi connectivity index (χ3v) is 6.03. The van der Waals surface area contributed by atoms with Gasteiger partial charge in [-0.15, -0.1) is 11.3 Å². The Morgan fingerprint density at radius 2 is 2.22 bits per heavy atom. The molecule has 0 atom stereocenters. The minimum atomic E-state index is -3.53. The lowest BCUT2D eigenvalue weighted by molar-refractivity contribution is 0.580. The zero-order valence-electron chi connectivity index (χ0n) is 9.82. The first kappa shape index (κ1) is 13.7. The highest BCUT2D eigenvalue weighted by atomic mass is 79.9. The maximum atomic E-state index is 12.2. The van der Waals surface area contributed by atoms with Crippen LogP contribution in [0.2, 0.25) is 0 Å². The molecule has 0 aromatic carbocycles. The van der Waals surface area contributed by atoms with Gasteiger partial charge in [-0.05, 0) is 41.2 Å². The molecule has 0 fully saturated rings. The van der Waals surface area contributed by atoms with Crippen molar-refractivity contribution < 1.29 is 8.42 Å². The summed E-state index contributed by atoms with van der Waals surface area (Å²) in [5.74, 6) is 0. The molecule has 0 saturated carbocycles. The molecule has 0 spiro atoms. The average molecular weight is 350 g/mol. The fraction of sp³-hybridized carbons (Fsp3) is 0.300. The predicted octanol–water partition coefficient (Wildman–Crippen LogP) is 2.33. The Labute approximate surface area is 118 Å². The number of nitrogens with zero attached hydrogens (tertiary/aromatic N) is 1. The van der Waals surface area contributed by atoms with Gasteiger partial charge in [-0.2, -0.15) is 5.10 Å². The molecule has 0 aliphatic heterocycles. The zero-order valence-corrected chi connectivity index (χ0v) is 13.0. The molecular formula is C10H12BrN3O2S2. The molecule has 0 unspecified atom stereocenters. The summed E-state index contributed by atoms with van der Waals surface area (Å²) in [6, 6.07) is 1.89. The molecule has 0 bridgehead atoms. The third kappa shape index (κ3) is 2.66. The van der Waals surface area contributed by atoms with Crippen LogP contribution in [-0.4, -0.2) is 18.6 Å². The van der Waals surface area contributed by atoms with Crippen molar-refractivity contribution in [2.24, 2.45) is 0 Å². The lowest BCUT2D eigenvalue weighted by Gasteiger charge is -2.06. The number of nitrogens with one attached hydrogen (secondary N) is 2. The maximum absolute atomic E-state index is 12.2. The van der Waals surface area contributed by atoms with Crippen LogP contribution in [0.1, 0.15) is 16.3 Å². The smallest absolute Gasteiger partial charge is 0.244 e. The van der Waals surface area contributed by atoms with Crippen molar-refractivity contribution in [3.05, 3.63) is 32.2 Å². The Kier molecular flexibility index (Phi) is 3.90. The molecule has 0 aliphatic carbocycles. The Balaban J connectivity index is 2.21. The topological polar surface area (TPSA) is 74.8 Å². The fourth-order valence-corrected chi connectivity index (χ4v) is 4.51. The van der Waals surface area contributed by atoms with Gasteiger partial charge in [0.25, 0.3) is 0 Å². The number of aromatic nitrogens is 2. The van der Waals surface area contributed by atoms with Crippen LogP contribution < -0.4 is 4.72 Å². The average Bonchev–Trinajstić information content (AvgIpc) is 2.83. The number of hydrogen-bond acceptors (Lipinski definition) is 4. The van der Waals surface area contributed by atoms with E-state index in [1.807, 2.05) is 11.4 Å². The summed E-state index contributed by atoms with van der Waals surface area (Å²) in [7, 11) is -3.53. The minimum absolute atomic E-state index is 0.232. The molecule has 2 N–H and O–H groups in total. The van der Waals surface area contributed by atoms with Crippen LogP contribution in [0.25, 0.3) is 0 Å². The van der Waals surface area contributed by atoms with Crippen LogP contribution in [0, 0.1) is 13.8 Å². The van der Waals surface area contributed by atoms with Crippen molar-refractivity contribution in [3.63, 3.8) is 0 Å². The van der Waals surface area contributed by atoms with Crippen LogP contribution in [0.15, 0.2) is 20.8 Å². The molecule has 8 heteroatoms. The van der Waals surface area contributed by atoms with Gasteiger partial charge in [0.1, 0.15) is 4.90 Å². The fourth-order valence-electron chi connectivity index (χ4n) is 1.62. The highest BCUT2D eigenvalue weighted by Gasteiger charge is 2.22. The number of rotatable bonds is 4. The molecule has 0 saturated heterocycles. The molecular weight excluding hydrogens is 338 g/mol. The molecule has 98 valence electrons. The second-order valence-electron chi connectivity index (χ2n) is 3.78. The number of halogens is 1. The molecule has 2 aromatic heterocycles. The Morgan fingerprint density at radius 1 is 1.50 bits per heavy atom. The van der Waals surface area contributed by atoms with Gasteiger partial charge in [0.05, 0.1) is 11.4 Å². The standard InChI is InChI=1S/C10H12BrN3O2S2/c1-6-10(7(2)14-13-6)18(15,16)12-5-9-8(11)3-4-17-9/h3-4,12H,5H2,1-2H3,(H,13,14). The summed E-state index contributed by atoms with van der Waals surface area (Å²) < 4.78 is 27.8. The number of thiophene rings is 1. The van der Waals surface area contributed by atoms with Crippen molar-refractivity contribution in [1.82, 2.24) is 14.9 Å². The molecule has 18 heavy (non-hydrogen) atoms. The number of sulfonamides is 1. The Morgan fingerprint density at radius 3 is 2.72 bits per heavy atom. The SMILES string of the molecule is Cc1n[nH]c(C)c1S(=O)(=O)NCc1sccc1Br. The third-order valence-electron chi connectivity index (χ3n) is 2.44. The first-order chi connectivity index (χ1) is 8.42. The normalized spacial score (nSPS) is 11.9. The number of H-pyrrole nitrogens is 1. The molecule has 5 nitrogen and oxygen atoms in total. The van der Waals surface area contributed by atoms with E-state index in [0.717, 1.165) is 9.35 Å². The Hall–Kier alpha value is -0.700. The van der Waals surface area contributed by atoms with Crippen LogP contribution in [0.3, 0.4) is 0 Å². The quantitative estimate of drug-likeness (QED) is 0.889. The van der Waals surface area contributed by atoms with E-state index < -0.39 is 10.0 Å². The van der Waals surface area contributed by atoms with Crippen molar-refractivity contribution in [1.29, 1.82) is 0 Å². The van der Waals surface area contributed by atoms with Crippen LogP contribution in [0.5, 0.6) is 0 Å². The summed E-state index contributed by atoms with van der Waals surface area (Å²) in [4.78, 5) is 1.17. The molecule has 2 heterocycles. The molecule has 0 radical (unpaired) electrons. The van der Waals surface area contributed by atoms with Crippen molar-refractivity contribution in [2.45, 2.75) is 25.3 Å². The van der Waals surface area contributed by atoms with Gasteiger partial charge >= 0.3 is 0 Å². The lowest BCUT2D eigenvalue weighted by atomic mass is 10.4. The zero-order chi connectivity index (χ0) is 13.3. The van der Waals surface area contributed by atoms with E-state index in [-0.39, 0.29) is 11.4 Å². The van der Waals surface area contributed by atoms with E-state index >= 15 is 0 Å². The molecule has 0 aliphatic rings. The van der Waals surface area contributed by atoms with Gasteiger partial charge in [0, 0.05) is 15.9 Å². The highest BCUT2D eigenvalue weighted by molar-refractivity contribution is 9.10. The molecule has 2 rings (SSSR count). The van der Waals surface area contributed by atoms with Gasteiger partial charge in [0.15, 0.2) is 0 Å². The second-order valence-corrected chi connectivity index (χ2v) is 7.34. The van der Waals surface area contributed by atoms with Crippen LogP contribution in [0.4, 0.5) is 0 Å². The van der Waals surface area contributed by atoms with E-state index in [0.29, 0.717) is 11.4 Å². The number of aryl methyl sites for hydroxylation is 2. The van der Waals surface area contributed by atoms with Crippen LogP contribution >= 0.6 is 27.3 Å².